The topological polar surface area (TPSA) is 12.5 Å². The van der Waals surface area contributed by atoms with Gasteiger partial charge < -0.3 is 4.74 Å². The molecule has 0 amide bonds. The molecule has 0 spiro atoms. The van der Waals surface area contributed by atoms with Crippen LogP contribution < -0.4 is 4.74 Å². The zero-order valence-electron chi connectivity index (χ0n) is 13.2. The largest absolute Gasteiger partial charge is 0.491 e. The highest BCUT2D eigenvalue weighted by molar-refractivity contribution is 8.13. The van der Waals surface area contributed by atoms with E-state index in [4.69, 9.17) is 4.74 Å². The van der Waals surface area contributed by atoms with Crippen LogP contribution in [0.4, 0.5) is 4.39 Å². The van der Waals surface area contributed by atoms with E-state index < -0.39 is 0 Å². The zero-order valence-corrected chi connectivity index (χ0v) is 14.0. The molecule has 1 saturated heterocycles. The molecule has 0 saturated carbocycles. The first-order chi connectivity index (χ1) is 10.1. The minimum absolute atomic E-state index is 0.0149. The molecule has 0 bridgehead atoms. The van der Waals surface area contributed by atoms with Gasteiger partial charge in [0.25, 0.3) is 0 Å². The Hall–Kier alpha value is -0.870. The van der Waals surface area contributed by atoms with Gasteiger partial charge in [-0.25, -0.2) is 0 Å². The summed E-state index contributed by atoms with van der Waals surface area (Å²) in [6.45, 7) is 8.08. The van der Waals surface area contributed by atoms with Crippen molar-refractivity contribution in [2.75, 3.05) is 19.8 Å². The molecule has 1 aromatic rings. The van der Waals surface area contributed by atoms with E-state index in [1.54, 1.807) is 0 Å². The fraction of sp³-hybridized carbons (Fsp3) is 0.588. The average molecular weight is 311 g/mol. The fourth-order valence-corrected chi connectivity index (χ4v) is 4.69. The molecule has 2 nitrogen and oxygen atoms in total. The maximum absolute atomic E-state index is 12.5. The van der Waals surface area contributed by atoms with Crippen molar-refractivity contribution in [1.29, 1.82) is 0 Å². The molecule has 1 fully saturated rings. The second-order valence-electron chi connectivity index (χ2n) is 5.71. The number of alkyl halides is 1. The van der Waals surface area contributed by atoms with Gasteiger partial charge in [0.15, 0.2) is 0 Å². The number of benzene rings is 1. The van der Waals surface area contributed by atoms with E-state index in [-0.39, 0.29) is 23.4 Å². The van der Waals surface area contributed by atoms with Crippen LogP contribution in [-0.2, 0) is 0 Å². The van der Waals surface area contributed by atoms with Crippen LogP contribution in [0.5, 0.6) is 5.75 Å². The lowest BCUT2D eigenvalue weighted by Gasteiger charge is -2.22. The summed E-state index contributed by atoms with van der Waals surface area (Å²) in [5, 5.41) is 2.26. The van der Waals surface area contributed by atoms with E-state index in [2.05, 4.69) is 28.7 Å². The number of rotatable bonds is 6. The second-order valence-corrected chi connectivity index (χ2v) is 7.80. The minimum Gasteiger partial charge on any atom is -0.491 e. The molecule has 0 aliphatic carbocycles. The smallest absolute Gasteiger partial charge is 0.119 e. The molecule has 1 aromatic carbocycles. The van der Waals surface area contributed by atoms with Crippen molar-refractivity contribution in [3.05, 3.63) is 24.3 Å². The Kier molecular flexibility index (Phi) is 6.24. The van der Waals surface area contributed by atoms with Gasteiger partial charge in [-0.2, -0.15) is 0 Å². The van der Waals surface area contributed by atoms with E-state index in [9.17, 15) is 4.39 Å². The lowest BCUT2D eigenvalue weighted by Crippen LogP contribution is -2.15. The second kappa shape index (κ2) is 7.95. The number of hydrogen-bond acceptors (Lipinski definition) is 2. The van der Waals surface area contributed by atoms with Crippen LogP contribution in [0.1, 0.15) is 33.6 Å². The van der Waals surface area contributed by atoms with Gasteiger partial charge in [-0.1, -0.05) is 10.7 Å². The van der Waals surface area contributed by atoms with E-state index in [0.717, 1.165) is 25.3 Å². The van der Waals surface area contributed by atoms with E-state index in [1.807, 2.05) is 26.0 Å². The van der Waals surface area contributed by atoms with Gasteiger partial charge in [-0.05, 0) is 69.2 Å². The quantitative estimate of drug-likeness (QED) is 0.716. The summed E-state index contributed by atoms with van der Waals surface area (Å²) in [5.41, 5.74) is 0. The van der Waals surface area contributed by atoms with E-state index >= 15 is 0 Å². The van der Waals surface area contributed by atoms with Gasteiger partial charge in [0.05, 0.1) is 12.8 Å². The summed E-state index contributed by atoms with van der Waals surface area (Å²) < 4.78 is 20.7. The molecule has 4 heteroatoms. The highest BCUT2D eigenvalue weighted by atomic mass is 32.2. The molecule has 0 radical (unpaired) electrons. The molecule has 1 aliphatic heterocycles. The third-order valence-electron chi connectivity index (χ3n) is 3.70. The number of ether oxygens (including phenoxy) is 1. The van der Waals surface area contributed by atoms with Crippen molar-refractivity contribution in [3.8, 4) is 5.75 Å². The van der Waals surface area contributed by atoms with Crippen LogP contribution in [0.3, 0.4) is 0 Å². The Morgan fingerprint density at radius 3 is 2.67 bits per heavy atom. The lowest BCUT2D eigenvalue weighted by atomic mass is 10.1. The first-order valence-corrected chi connectivity index (χ1v) is 8.98. The molecule has 1 unspecified atom stereocenters. The van der Waals surface area contributed by atoms with Crippen molar-refractivity contribution in [3.63, 3.8) is 0 Å². The monoisotopic (exact) mass is 311 g/mol. The molecular formula is C17H26FNOS. The predicted octanol–water partition coefficient (Wildman–Crippen LogP) is 4.52. The van der Waals surface area contributed by atoms with Crippen LogP contribution >= 0.6 is 10.7 Å². The summed E-state index contributed by atoms with van der Waals surface area (Å²) in [5.74, 6) is 1.44. The summed E-state index contributed by atoms with van der Waals surface area (Å²) in [6.07, 6.45) is 2.03. The Balaban J connectivity index is 2.05. The number of hydrogen-bond donors (Lipinski definition) is 0. The van der Waals surface area contributed by atoms with E-state index in [0.29, 0.717) is 12.3 Å². The molecular weight excluding hydrogens is 285 g/mol. The highest BCUT2D eigenvalue weighted by Crippen LogP contribution is 2.36. The summed E-state index contributed by atoms with van der Waals surface area (Å²) in [6, 6.07) is 8.41. The first-order valence-electron chi connectivity index (χ1n) is 7.74. The van der Waals surface area contributed by atoms with Crippen molar-refractivity contribution < 1.29 is 9.13 Å². The third-order valence-corrected chi connectivity index (χ3v) is 5.79. The Bertz CT molecular complexity index is 472. The first kappa shape index (κ1) is 16.5. The SMILES string of the molecule is C/C=S(\c1ccc(OC(C)C)cc1)N1CC[C@H](CCF)C1. The van der Waals surface area contributed by atoms with Gasteiger partial charge in [0.2, 0.25) is 0 Å². The van der Waals surface area contributed by atoms with Crippen LogP contribution in [0.15, 0.2) is 29.2 Å². The molecule has 0 N–H and O–H groups in total. The maximum Gasteiger partial charge on any atom is 0.119 e. The van der Waals surface area contributed by atoms with Crippen LogP contribution in [-0.4, -0.2) is 35.5 Å². The standard InChI is InChI=1S/C17H26FNOS/c1-4-21(19-12-10-15(13-19)9-11-18)17-7-5-16(6-8-17)20-14(2)3/h4-8,14-15H,9-13H2,1-3H3/t15-,21?/m0/s1. The molecule has 2 rings (SSSR count). The van der Waals surface area contributed by atoms with Gasteiger partial charge in [-0.15, -0.1) is 0 Å². The summed E-state index contributed by atoms with van der Waals surface area (Å²) >= 11 is 0. The number of nitrogens with zero attached hydrogens (tertiary/aromatic N) is 1. The lowest BCUT2D eigenvalue weighted by molar-refractivity contribution is 0.242. The van der Waals surface area contributed by atoms with Crippen LogP contribution in [0.25, 0.3) is 0 Å². The fourth-order valence-electron chi connectivity index (χ4n) is 2.73. The molecule has 21 heavy (non-hydrogen) atoms. The van der Waals surface area contributed by atoms with Gasteiger partial charge in [0, 0.05) is 18.0 Å². The minimum atomic E-state index is -0.191. The molecule has 118 valence electrons. The Morgan fingerprint density at radius 2 is 2.10 bits per heavy atom. The van der Waals surface area contributed by atoms with Crippen molar-refractivity contribution in [2.45, 2.75) is 44.6 Å². The maximum atomic E-state index is 12.5. The van der Waals surface area contributed by atoms with Crippen molar-refractivity contribution in [2.24, 2.45) is 5.92 Å². The summed E-state index contributed by atoms with van der Waals surface area (Å²) in [7, 11) is 0.0149. The number of halogens is 1. The predicted molar refractivity (Wildman–Crippen MR) is 90.1 cm³/mol. The Labute approximate surface area is 130 Å². The highest BCUT2D eigenvalue weighted by Gasteiger charge is 2.24. The van der Waals surface area contributed by atoms with Crippen LogP contribution in [0.2, 0.25) is 0 Å². The van der Waals surface area contributed by atoms with Crippen molar-refractivity contribution >= 4 is 16.0 Å². The van der Waals surface area contributed by atoms with Crippen molar-refractivity contribution in [1.82, 2.24) is 4.31 Å². The normalized spacial score (nSPS) is 21.1. The van der Waals surface area contributed by atoms with E-state index in [1.165, 1.54) is 4.90 Å². The van der Waals surface area contributed by atoms with Gasteiger partial charge in [-0.3, -0.25) is 8.70 Å². The molecule has 0 aromatic heterocycles. The van der Waals surface area contributed by atoms with Gasteiger partial charge in [0.1, 0.15) is 5.75 Å². The van der Waals surface area contributed by atoms with Gasteiger partial charge >= 0.3 is 0 Å². The molecule has 1 aliphatic rings. The zero-order chi connectivity index (χ0) is 15.2. The molecule has 1 heterocycles. The average Bonchev–Trinajstić information content (AvgIpc) is 2.90. The Morgan fingerprint density at radius 1 is 1.38 bits per heavy atom. The summed E-state index contributed by atoms with van der Waals surface area (Å²) in [4.78, 5) is 1.31. The third kappa shape index (κ3) is 4.55. The van der Waals surface area contributed by atoms with Crippen LogP contribution in [0, 0.1) is 5.92 Å². The molecule has 2 atom stereocenters.